The van der Waals surface area contributed by atoms with E-state index < -0.39 is 5.92 Å². The van der Waals surface area contributed by atoms with Crippen LogP contribution in [-0.2, 0) is 11.2 Å². The fourth-order valence-electron chi connectivity index (χ4n) is 1.74. The fraction of sp³-hybridized carbons (Fsp3) is 0.467. The average Bonchev–Trinajstić information content (AvgIpc) is 2.40. The molecule has 0 radical (unpaired) electrons. The van der Waals surface area contributed by atoms with Crippen molar-refractivity contribution in [1.82, 2.24) is 5.32 Å². The Bertz CT molecular complexity index is 446. The Morgan fingerprint density at radius 2 is 2.00 bits per heavy atom. The first-order chi connectivity index (χ1) is 9.08. The third-order valence-corrected chi connectivity index (χ3v) is 2.96. The van der Waals surface area contributed by atoms with Crippen LogP contribution >= 0.6 is 0 Å². The van der Waals surface area contributed by atoms with Gasteiger partial charge < -0.3 is 10.1 Å². The van der Waals surface area contributed by atoms with Gasteiger partial charge in [-0.2, -0.15) is 5.26 Å². The summed E-state index contributed by atoms with van der Waals surface area (Å²) in [7, 11) is 1.63. The summed E-state index contributed by atoms with van der Waals surface area (Å²) in [6.45, 7) is 4.28. The third kappa shape index (κ3) is 4.63. The van der Waals surface area contributed by atoms with Crippen LogP contribution in [0.1, 0.15) is 19.4 Å². The molecule has 1 aromatic carbocycles. The topological polar surface area (TPSA) is 62.1 Å². The van der Waals surface area contributed by atoms with Gasteiger partial charge in [-0.05, 0) is 30.0 Å². The number of nitriles is 1. The van der Waals surface area contributed by atoms with Crippen molar-refractivity contribution in [2.45, 2.75) is 20.3 Å². The largest absolute Gasteiger partial charge is 0.497 e. The van der Waals surface area contributed by atoms with Crippen LogP contribution in [0.25, 0.3) is 0 Å². The maximum atomic E-state index is 11.8. The molecular formula is C15H20N2O2. The number of amides is 1. The van der Waals surface area contributed by atoms with Crippen LogP contribution < -0.4 is 10.1 Å². The molecule has 0 aliphatic rings. The fourth-order valence-corrected chi connectivity index (χ4v) is 1.74. The Hall–Kier alpha value is -2.02. The monoisotopic (exact) mass is 260 g/mol. The van der Waals surface area contributed by atoms with Gasteiger partial charge in [0.25, 0.3) is 0 Å². The number of carbonyl (C=O) groups is 1. The maximum Gasteiger partial charge on any atom is 0.237 e. The standard InChI is InChI=1S/C15H20N2O2/c1-11(2)14(10-16)15(18)17-9-8-12-4-6-13(19-3)7-5-12/h4-7,11,14H,8-9H2,1-3H3,(H,17,18). The second-order valence-corrected chi connectivity index (χ2v) is 4.74. The first-order valence-corrected chi connectivity index (χ1v) is 6.38. The highest BCUT2D eigenvalue weighted by molar-refractivity contribution is 5.81. The summed E-state index contributed by atoms with van der Waals surface area (Å²) in [6, 6.07) is 9.76. The lowest BCUT2D eigenvalue weighted by atomic mass is 9.96. The number of hydrogen-bond donors (Lipinski definition) is 1. The van der Waals surface area contributed by atoms with Crippen LogP contribution in [0.3, 0.4) is 0 Å². The zero-order valence-electron chi connectivity index (χ0n) is 11.6. The molecule has 1 rings (SSSR count). The molecule has 0 aliphatic carbocycles. The van der Waals surface area contributed by atoms with Crippen LogP contribution in [0.15, 0.2) is 24.3 Å². The van der Waals surface area contributed by atoms with E-state index in [1.807, 2.05) is 44.2 Å². The van der Waals surface area contributed by atoms with Gasteiger partial charge in [0.1, 0.15) is 11.7 Å². The zero-order chi connectivity index (χ0) is 14.3. The van der Waals surface area contributed by atoms with Crippen molar-refractivity contribution in [3.63, 3.8) is 0 Å². The van der Waals surface area contributed by atoms with E-state index in [-0.39, 0.29) is 11.8 Å². The lowest BCUT2D eigenvalue weighted by Crippen LogP contribution is -2.34. The van der Waals surface area contributed by atoms with Gasteiger partial charge in [0.2, 0.25) is 5.91 Å². The maximum absolute atomic E-state index is 11.8. The van der Waals surface area contributed by atoms with Crippen molar-refractivity contribution < 1.29 is 9.53 Å². The first kappa shape index (κ1) is 15.0. The summed E-state index contributed by atoms with van der Waals surface area (Å²) in [5.41, 5.74) is 1.12. The summed E-state index contributed by atoms with van der Waals surface area (Å²) >= 11 is 0. The van der Waals surface area contributed by atoms with Crippen LogP contribution in [0.5, 0.6) is 5.75 Å². The van der Waals surface area contributed by atoms with Gasteiger partial charge in [-0.15, -0.1) is 0 Å². The average molecular weight is 260 g/mol. The minimum absolute atomic E-state index is 0.0333. The van der Waals surface area contributed by atoms with Crippen molar-refractivity contribution in [1.29, 1.82) is 5.26 Å². The van der Waals surface area contributed by atoms with Gasteiger partial charge >= 0.3 is 0 Å². The number of benzene rings is 1. The number of nitrogens with zero attached hydrogens (tertiary/aromatic N) is 1. The molecule has 4 nitrogen and oxygen atoms in total. The Balaban J connectivity index is 2.41. The van der Waals surface area contributed by atoms with Crippen LogP contribution in [0, 0.1) is 23.2 Å². The Morgan fingerprint density at radius 3 is 2.47 bits per heavy atom. The third-order valence-electron chi connectivity index (χ3n) is 2.96. The zero-order valence-corrected chi connectivity index (χ0v) is 11.6. The predicted molar refractivity (Wildman–Crippen MR) is 73.6 cm³/mol. The molecule has 1 aromatic rings. The second-order valence-electron chi connectivity index (χ2n) is 4.74. The first-order valence-electron chi connectivity index (χ1n) is 6.38. The number of nitrogens with one attached hydrogen (secondary N) is 1. The van der Waals surface area contributed by atoms with Crippen LogP contribution in [0.4, 0.5) is 0 Å². The number of methoxy groups -OCH3 is 1. The molecule has 1 atom stereocenters. The highest BCUT2D eigenvalue weighted by Crippen LogP contribution is 2.12. The molecule has 1 unspecified atom stereocenters. The van der Waals surface area contributed by atoms with E-state index in [1.165, 1.54) is 0 Å². The summed E-state index contributed by atoms with van der Waals surface area (Å²) in [6.07, 6.45) is 0.742. The Morgan fingerprint density at radius 1 is 1.37 bits per heavy atom. The van der Waals surface area contributed by atoms with E-state index in [1.54, 1.807) is 7.11 Å². The molecule has 0 heterocycles. The molecule has 102 valence electrons. The highest BCUT2D eigenvalue weighted by Gasteiger charge is 2.20. The number of hydrogen-bond acceptors (Lipinski definition) is 3. The van der Waals surface area contributed by atoms with Crippen molar-refractivity contribution in [3.05, 3.63) is 29.8 Å². The summed E-state index contributed by atoms with van der Waals surface area (Å²) in [4.78, 5) is 11.8. The van der Waals surface area contributed by atoms with E-state index in [9.17, 15) is 4.79 Å². The molecule has 0 saturated heterocycles. The van der Waals surface area contributed by atoms with Gasteiger partial charge in [0.05, 0.1) is 13.2 Å². The molecule has 0 aromatic heterocycles. The molecule has 0 spiro atoms. The number of ether oxygens (including phenoxy) is 1. The van der Waals surface area contributed by atoms with Gasteiger partial charge in [-0.1, -0.05) is 26.0 Å². The van der Waals surface area contributed by atoms with E-state index in [0.29, 0.717) is 6.54 Å². The van der Waals surface area contributed by atoms with Crippen LogP contribution in [-0.4, -0.2) is 19.6 Å². The molecule has 0 saturated carbocycles. The SMILES string of the molecule is COc1ccc(CCNC(=O)C(C#N)C(C)C)cc1. The second kappa shape index (κ2) is 7.42. The summed E-state index contributed by atoms with van der Waals surface area (Å²) in [5, 5.41) is 11.7. The molecule has 1 N–H and O–H groups in total. The van der Waals surface area contributed by atoms with E-state index >= 15 is 0 Å². The van der Waals surface area contributed by atoms with Gasteiger partial charge in [0, 0.05) is 6.54 Å². The van der Waals surface area contributed by atoms with Crippen molar-refractivity contribution in [3.8, 4) is 11.8 Å². The number of carbonyl (C=O) groups excluding carboxylic acids is 1. The molecule has 0 aliphatic heterocycles. The normalized spacial score (nSPS) is 11.7. The summed E-state index contributed by atoms with van der Waals surface area (Å²) in [5.74, 6) is 0.0880. The van der Waals surface area contributed by atoms with E-state index in [4.69, 9.17) is 10.00 Å². The van der Waals surface area contributed by atoms with Gasteiger partial charge in [-0.3, -0.25) is 4.79 Å². The lowest BCUT2D eigenvalue weighted by Gasteiger charge is -2.13. The Labute approximate surface area is 114 Å². The lowest BCUT2D eigenvalue weighted by molar-refractivity contribution is -0.124. The van der Waals surface area contributed by atoms with Gasteiger partial charge in [0.15, 0.2) is 0 Å². The van der Waals surface area contributed by atoms with E-state index in [2.05, 4.69) is 5.32 Å². The molecule has 19 heavy (non-hydrogen) atoms. The molecular weight excluding hydrogens is 240 g/mol. The quantitative estimate of drug-likeness (QED) is 0.852. The van der Waals surface area contributed by atoms with Crippen molar-refractivity contribution in [2.24, 2.45) is 11.8 Å². The van der Waals surface area contributed by atoms with Crippen molar-refractivity contribution in [2.75, 3.05) is 13.7 Å². The molecule has 1 amide bonds. The van der Waals surface area contributed by atoms with Crippen LogP contribution in [0.2, 0.25) is 0 Å². The highest BCUT2D eigenvalue weighted by atomic mass is 16.5. The molecule has 0 bridgehead atoms. The minimum Gasteiger partial charge on any atom is -0.497 e. The molecule has 0 fully saturated rings. The van der Waals surface area contributed by atoms with Crippen molar-refractivity contribution >= 4 is 5.91 Å². The summed E-state index contributed by atoms with van der Waals surface area (Å²) < 4.78 is 5.08. The number of rotatable bonds is 6. The van der Waals surface area contributed by atoms with Gasteiger partial charge in [-0.25, -0.2) is 0 Å². The molecule has 4 heteroatoms. The minimum atomic E-state index is -0.573. The Kier molecular flexibility index (Phi) is 5.87. The predicted octanol–water partition coefficient (Wildman–Crippen LogP) is 2.15. The van der Waals surface area contributed by atoms with E-state index in [0.717, 1.165) is 17.7 Å². The smallest absolute Gasteiger partial charge is 0.237 e.